The summed E-state index contributed by atoms with van der Waals surface area (Å²) in [6.45, 7) is 1.56. The zero-order valence-corrected chi connectivity index (χ0v) is 13.3. The molecule has 1 atom stereocenters. The number of hydrogen-bond donors (Lipinski definition) is 0. The zero-order chi connectivity index (χ0) is 16.4. The van der Waals surface area contributed by atoms with Gasteiger partial charge in [0.25, 0.3) is 0 Å². The van der Waals surface area contributed by atoms with E-state index >= 15 is 0 Å². The van der Waals surface area contributed by atoms with Crippen LogP contribution in [0, 0.1) is 0 Å². The van der Waals surface area contributed by atoms with Crippen molar-refractivity contribution in [2.75, 3.05) is 19.1 Å². The summed E-state index contributed by atoms with van der Waals surface area (Å²) in [6, 6.07) is 2.11. The lowest BCUT2D eigenvalue weighted by Gasteiger charge is -2.25. The second kappa shape index (κ2) is 6.50. The van der Waals surface area contributed by atoms with Gasteiger partial charge in [0.05, 0.1) is 5.75 Å². The summed E-state index contributed by atoms with van der Waals surface area (Å²) in [5.41, 5.74) is -1.09. The van der Waals surface area contributed by atoms with Crippen molar-refractivity contribution in [3.63, 3.8) is 0 Å². The first kappa shape index (κ1) is 18.2. The molecule has 0 spiro atoms. The van der Waals surface area contributed by atoms with Crippen LogP contribution in [0.2, 0.25) is 5.15 Å². The van der Waals surface area contributed by atoms with Crippen LogP contribution >= 0.6 is 11.6 Å². The van der Waals surface area contributed by atoms with E-state index in [0.717, 1.165) is 6.26 Å². The van der Waals surface area contributed by atoms with Crippen LogP contribution in [0.3, 0.4) is 0 Å². The molecule has 0 unspecified atom stereocenters. The number of halogens is 4. The van der Waals surface area contributed by atoms with Crippen LogP contribution in [0.4, 0.5) is 13.2 Å². The highest BCUT2D eigenvalue weighted by atomic mass is 35.5. The van der Waals surface area contributed by atoms with Gasteiger partial charge >= 0.3 is 6.18 Å². The molecule has 0 aliphatic heterocycles. The van der Waals surface area contributed by atoms with E-state index in [4.69, 9.17) is 11.6 Å². The fourth-order valence-corrected chi connectivity index (χ4v) is 3.11. The van der Waals surface area contributed by atoms with Gasteiger partial charge < -0.3 is 0 Å². The Bertz CT molecular complexity index is 605. The quantitative estimate of drug-likeness (QED) is 0.770. The molecule has 1 aromatic heterocycles. The fourth-order valence-electron chi connectivity index (χ4n) is 1.83. The van der Waals surface area contributed by atoms with Gasteiger partial charge in [0.1, 0.15) is 15.0 Å². The third kappa shape index (κ3) is 5.80. The molecule has 0 radical (unpaired) electrons. The van der Waals surface area contributed by atoms with Gasteiger partial charge in [0, 0.05) is 18.8 Å². The van der Waals surface area contributed by atoms with E-state index in [0.29, 0.717) is 0 Å². The minimum atomic E-state index is -4.61. The maximum atomic E-state index is 12.9. The summed E-state index contributed by atoms with van der Waals surface area (Å²) >= 11 is 5.51. The molecule has 0 aliphatic carbocycles. The SMILES string of the molecule is C[C@H](CS(C)(=O)=O)N(C)Cc1ccc(Cl)nc1C(F)(F)F. The highest BCUT2D eigenvalue weighted by molar-refractivity contribution is 7.90. The molecule has 0 N–H and O–H groups in total. The first-order valence-corrected chi connectivity index (χ1v) is 8.44. The van der Waals surface area contributed by atoms with Crippen molar-refractivity contribution in [1.82, 2.24) is 9.88 Å². The van der Waals surface area contributed by atoms with Gasteiger partial charge in [-0.2, -0.15) is 13.2 Å². The zero-order valence-electron chi connectivity index (χ0n) is 11.8. The van der Waals surface area contributed by atoms with Crippen LogP contribution in [0.25, 0.3) is 0 Å². The van der Waals surface area contributed by atoms with Gasteiger partial charge in [0.2, 0.25) is 0 Å². The Labute approximate surface area is 126 Å². The third-order valence-electron chi connectivity index (χ3n) is 2.93. The molecule has 0 fully saturated rings. The molecule has 4 nitrogen and oxygen atoms in total. The van der Waals surface area contributed by atoms with Crippen molar-refractivity contribution in [2.24, 2.45) is 0 Å². The van der Waals surface area contributed by atoms with E-state index in [2.05, 4.69) is 4.98 Å². The van der Waals surface area contributed by atoms with E-state index < -0.39 is 27.7 Å². The number of nitrogens with zero attached hydrogens (tertiary/aromatic N) is 2. The van der Waals surface area contributed by atoms with E-state index in [1.807, 2.05) is 0 Å². The van der Waals surface area contributed by atoms with E-state index in [1.165, 1.54) is 17.0 Å². The largest absolute Gasteiger partial charge is 0.433 e. The highest BCUT2D eigenvalue weighted by Crippen LogP contribution is 2.32. The van der Waals surface area contributed by atoms with Crippen molar-refractivity contribution in [1.29, 1.82) is 0 Å². The molecular formula is C12H16ClF3N2O2S. The van der Waals surface area contributed by atoms with Crippen LogP contribution in [-0.4, -0.2) is 43.4 Å². The molecule has 0 amide bonds. The van der Waals surface area contributed by atoms with Gasteiger partial charge in [-0.25, -0.2) is 13.4 Å². The summed E-state index contributed by atoms with van der Waals surface area (Å²) in [5.74, 6) is -0.133. The van der Waals surface area contributed by atoms with Crippen molar-refractivity contribution in [3.8, 4) is 0 Å². The molecular weight excluding hydrogens is 329 g/mol. The summed E-state index contributed by atoms with van der Waals surface area (Å²) in [6.07, 6.45) is -3.52. The van der Waals surface area contributed by atoms with Crippen molar-refractivity contribution >= 4 is 21.4 Å². The Morgan fingerprint density at radius 1 is 1.38 bits per heavy atom. The smallest absolute Gasteiger partial charge is 0.298 e. The molecule has 0 bridgehead atoms. The second-order valence-electron chi connectivity index (χ2n) is 5.00. The number of aromatic nitrogens is 1. The average molecular weight is 345 g/mol. The Morgan fingerprint density at radius 2 is 1.95 bits per heavy atom. The standard InChI is InChI=1S/C12H16ClF3N2O2S/c1-8(7-21(3,19)20)18(2)6-9-4-5-10(13)17-11(9)12(14,15)16/h4-5,8H,6-7H2,1-3H3/t8-/m1/s1. The Morgan fingerprint density at radius 3 is 2.43 bits per heavy atom. The number of alkyl halides is 3. The van der Waals surface area contributed by atoms with Crippen LogP contribution in [0.15, 0.2) is 12.1 Å². The predicted molar refractivity (Wildman–Crippen MR) is 74.9 cm³/mol. The van der Waals surface area contributed by atoms with Gasteiger partial charge in [-0.3, -0.25) is 4.90 Å². The Hall–Kier alpha value is -0.860. The predicted octanol–water partition coefficient (Wildman–Crippen LogP) is 2.62. The lowest BCUT2D eigenvalue weighted by molar-refractivity contribution is -0.142. The van der Waals surface area contributed by atoms with Gasteiger partial charge in [-0.15, -0.1) is 0 Å². The summed E-state index contributed by atoms with van der Waals surface area (Å²) in [5, 5.41) is -0.238. The van der Waals surface area contributed by atoms with Crippen molar-refractivity contribution < 1.29 is 21.6 Å². The molecule has 0 aliphatic rings. The summed E-state index contributed by atoms with van der Waals surface area (Å²) in [4.78, 5) is 4.86. The molecule has 0 saturated heterocycles. The van der Waals surface area contributed by atoms with Crippen LogP contribution in [0.5, 0.6) is 0 Å². The Kier molecular flexibility index (Phi) is 5.63. The van der Waals surface area contributed by atoms with Gasteiger partial charge in [-0.05, 0) is 25.6 Å². The minimum Gasteiger partial charge on any atom is -0.298 e. The average Bonchev–Trinajstić information content (AvgIpc) is 2.27. The molecule has 1 rings (SSSR count). The number of pyridine rings is 1. The number of rotatable bonds is 5. The van der Waals surface area contributed by atoms with Crippen LogP contribution < -0.4 is 0 Å². The molecule has 9 heteroatoms. The third-order valence-corrected chi connectivity index (χ3v) is 4.23. The van der Waals surface area contributed by atoms with Crippen LogP contribution in [-0.2, 0) is 22.6 Å². The molecule has 1 heterocycles. The van der Waals surface area contributed by atoms with Gasteiger partial charge in [0.15, 0.2) is 5.69 Å². The monoisotopic (exact) mass is 344 g/mol. The van der Waals surface area contributed by atoms with Crippen LogP contribution in [0.1, 0.15) is 18.2 Å². The van der Waals surface area contributed by atoms with E-state index in [1.54, 1.807) is 14.0 Å². The molecule has 120 valence electrons. The van der Waals surface area contributed by atoms with Crippen molar-refractivity contribution in [2.45, 2.75) is 25.7 Å². The van der Waals surface area contributed by atoms with Crippen molar-refractivity contribution in [3.05, 3.63) is 28.5 Å². The number of hydrogen-bond acceptors (Lipinski definition) is 4. The molecule has 0 saturated carbocycles. The lowest BCUT2D eigenvalue weighted by atomic mass is 10.1. The van der Waals surface area contributed by atoms with Gasteiger partial charge in [-0.1, -0.05) is 17.7 Å². The Balaban J connectivity index is 2.98. The fraction of sp³-hybridized carbons (Fsp3) is 0.583. The first-order valence-electron chi connectivity index (χ1n) is 6.00. The molecule has 1 aromatic rings. The first-order chi connectivity index (χ1) is 9.40. The molecule has 21 heavy (non-hydrogen) atoms. The molecule has 0 aromatic carbocycles. The highest BCUT2D eigenvalue weighted by Gasteiger charge is 2.36. The maximum absolute atomic E-state index is 12.9. The van der Waals surface area contributed by atoms with E-state index in [9.17, 15) is 21.6 Å². The summed E-state index contributed by atoms with van der Waals surface area (Å²) in [7, 11) is -1.65. The minimum absolute atomic E-state index is 0.0465. The lowest BCUT2D eigenvalue weighted by Crippen LogP contribution is -2.35. The maximum Gasteiger partial charge on any atom is 0.433 e. The topological polar surface area (TPSA) is 50.3 Å². The van der Waals surface area contributed by atoms with E-state index in [-0.39, 0.29) is 23.0 Å². The number of sulfone groups is 1. The normalized spacial score (nSPS) is 14.5. The summed E-state index contributed by atoms with van der Waals surface area (Å²) < 4.78 is 61.2. The second-order valence-corrected chi connectivity index (χ2v) is 7.57.